The average Bonchev–Trinajstić information content (AvgIpc) is 3.01. The van der Waals surface area contributed by atoms with Crippen LogP contribution in [-0.2, 0) is 22.4 Å². The number of nitrogens with one attached hydrogen (secondary N) is 2. The quantitative estimate of drug-likeness (QED) is 0.163. The molecule has 0 bridgehead atoms. The van der Waals surface area contributed by atoms with Crippen LogP contribution in [0.15, 0.2) is 60.7 Å². The predicted molar refractivity (Wildman–Crippen MR) is 175 cm³/mol. The highest BCUT2D eigenvalue weighted by atomic mass is 16.3. The van der Waals surface area contributed by atoms with E-state index in [9.17, 15) is 19.8 Å². The Labute approximate surface area is 263 Å². The fourth-order valence-corrected chi connectivity index (χ4v) is 5.40. The number of β-amino-alcohol motifs (C(OH)–C–C–N with tert-alkyl or cyclic N) is 2. The Morgan fingerprint density at radius 3 is 1.27 bits per heavy atom. The zero-order valence-corrected chi connectivity index (χ0v) is 26.8. The van der Waals surface area contributed by atoms with Crippen LogP contribution in [0.1, 0.15) is 38.8 Å². The van der Waals surface area contributed by atoms with Crippen LogP contribution >= 0.6 is 0 Å². The molecule has 1 fully saturated rings. The molecule has 6 atom stereocenters. The lowest BCUT2D eigenvalue weighted by atomic mass is 9.98. The van der Waals surface area contributed by atoms with Crippen molar-refractivity contribution in [2.24, 2.45) is 23.3 Å². The van der Waals surface area contributed by atoms with Gasteiger partial charge in [-0.15, -0.1) is 0 Å². The minimum atomic E-state index is -0.786. The first-order chi connectivity index (χ1) is 20.9. The van der Waals surface area contributed by atoms with Gasteiger partial charge < -0.3 is 32.3 Å². The number of benzene rings is 2. The van der Waals surface area contributed by atoms with Gasteiger partial charge in [0.15, 0.2) is 0 Å². The van der Waals surface area contributed by atoms with E-state index in [-0.39, 0.29) is 23.7 Å². The fraction of sp³-hybridized carbons (Fsp3) is 0.588. The number of carbonyl (C=O) groups is 2. The number of aliphatic hydroxyl groups excluding tert-OH is 2. The lowest BCUT2D eigenvalue weighted by Crippen LogP contribution is -2.58. The van der Waals surface area contributed by atoms with Crippen molar-refractivity contribution in [2.75, 3.05) is 39.3 Å². The summed E-state index contributed by atoms with van der Waals surface area (Å²) in [5, 5.41) is 28.6. The first kappa shape index (κ1) is 35.6. The van der Waals surface area contributed by atoms with E-state index in [4.69, 9.17) is 11.5 Å². The van der Waals surface area contributed by atoms with Gasteiger partial charge in [0.25, 0.3) is 0 Å². The van der Waals surface area contributed by atoms with Crippen molar-refractivity contribution in [3.8, 4) is 0 Å². The molecule has 0 aliphatic carbocycles. The summed E-state index contributed by atoms with van der Waals surface area (Å²) in [5.74, 6) is -0.545. The van der Waals surface area contributed by atoms with E-state index in [1.807, 2.05) is 88.4 Å². The largest absolute Gasteiger partial charge is 0.390 e. The van der Waals surface area contributed by atoms with Gasteiger partial charge in [-0.25, -0.2) is 0 Å². The van der Waals surface area contributed by atoms with Crippen LogP contribution in [0.5, 0.6) is 0 Å². The maximum absolute atomic E-state index is 12.8. The minimum absolute atomic E-state index is 0.0134. The van der Waals surface area contributed by atoms with Gasteiger partial charge in [-0.2, -0.15) is 0 Å². The minimum Gasteiger partial charge on any atom is -0.390 e. The molecule has 1 aliphatic heterocycles. The molecule has 10 heteroatoms. The van der Waals surface area contributed by atoms with Crippen molar-refractivity contribution < 1.29 is 19.8 Å². The maximum atomic E-state index is 12.8. The lowest BCUT2D eigenvalue weighted by Gasteiger charge is -2.38. The molecule has 0 spiro atoms. The van der Waals surface area contributed by atoms with Crippen LogP contribution < -0.4 is 22.1 Å². The molecule has 244 valence electrons. The average molecular weight is 611 g/mol. The van der Waals surface area contributed by atoms with E-state index in [0.717, 1.165) is 11.1 Å². The maximum Gasteiger partial charge on any atom is 0.237 e. The van der Waals surface area contributed by atoms with Crippen LogP contribution in [0.4, 0.5) is 0 Å². The molecule has 8 N–H and O–H groups in total. The molecule has 44 heavy (non-hydrogen) atoms. The van der Waals surface area contributed by atoms with Crippen LogP contribution in [0, 0.1) is 11.8 Å². The number of nitrogens with zero attached hydrogens (tertiary/aromatic N) is 2. The van der Waals surface area contributed by atoms with Gasteiger partial charge in [0.2, 0.25) is 11.8 Å². The Morgan fingerprint density at radius 2 is 0.977 bits per heavy atom. The monoisotopic (exact) mass is 610 g/mol. The standard InChI is InChI=1S/C34H54N6O4/c1-23(2)31(35)33(43)37-27(19-25-11-7-5-8-12-25)29(41)21-39-15-17-40(18-16-39)22-30(42)28(20-26-13-9-6-10-14-26)38-34(44)32(36)24(3)4/h5-14,23-24,27-32,41-42H,15-22,35-36H2,1-4H3,(H,37,43)(H,38,44)/t27-,28+,29+,30-,31-,32-/m0/s1. The summed E-state index contributed by atoms with van der Waals surface area (Å²) in [4.78, 5) is 30.0. The van der Waals surface area contributed by atoms with Crippen molar-refractivity contribution in [2.45, 2.75) is 76.9 Å². The van der Waals surface area contributed by atoms with Crippen molar-refractivity contribution in [1.82, 2.24) is 20.4 Å². The Balaban J connectivity index is 1.57. The Morgan fingerprint density at radius 1 is 0.659 bits per heavy atom. The molecule has 0 unspecified atom stereocenters. The molecule has 0 saturated carbocycles. The SMILES string of the molecule is CC(C)[C@H](N)C(=O)N[C@@H](Cc1ccccc1)[C@H](O)CN1CCN(C[C@H](O)[C@@H](Cc2ccccc2)NC(=O)[C@@H](N)C(C)C)CC1. The Hall–Kier alpha value is -2.86. The second kappa shape index (κ2) is 17.6. The molecule has 1 aliphatic rings. The molecule has 2 aromatic rings. The smallest absolute Gasteiger partial charge is 0.237 e. The number of amides is 2. The predicted octanol–water partition coefficient (Wildman–Crippen LogP) is 0.747. The first-order valence-corrected chi connectivity index (χ1v) is 15.9. The van der Waals surface area contributed by atoms with Crippen LogP contribution in [-0.4, -0.2) is 107 Å². The van der Waals surface area contributed by atoms with E-state index >= 15 is 0 Å². The van der Waals surface area contributed by atoms with Gasteiger partial charge in [-0.05, 0) is 35.8 Å². The molecular formula is C34H54N6O4. The third-order valence-electron chi connectivity index (χ3n) is 8.58. The van der Waals surface area contributed by atoms with Gasteiger partial charge in [0.1, 0.15) is 0 Å². The van der Waals surface area contributed by atoms with Gasteiger partial charge >= 0.3 is 0 Å². The van der Waals surface area contributed by atoms with E-state index in [0.29, 0.717) is 52.1 Å². The van der Waals surface area contributed by atoms with Crippen LogP contribution in [0.25, 0.3) is 0 Å². The summed E-state index contributed by atoms with van der Waals surface area (Å²) >= 11 is 0. The van der Waals surface area contributed by atoms with Gasteiger partial charge in [0, 0.05) is 39.3 Å². The first-order valence-electron chi connectivity index (χ1n) is 15.9. The number of hydrogen-bond acceptors (Lipinski definition) is 8. The summed E-state index contributed by atoms with van der Waals surface area (Å²) in [6, 6.07) is 17.4. The molecule has 2 amide bonds. The Kier molecular flexibility index (Phi) is 14.2. The number of hydrogen-bond donors (Lipinski definition) is 6. The Bertz CT molecular complexity index is 1040. The fourth-order valence-electron chi connectivity index (χ4n) is 5.40. The summed E-state index contributed by atoms with van der Waals surface area (Å²) in [5.41, 5.74) is 14.3. The molecule has 0 aromatic heterocycles. The molecule has 2 aromatic carbocycles. The molecule has 3 rings (SSSR count). The van der Waals surface area contributed by atoms with Gasteiger partial charge in [0.05, 0.1) is 36.4 Å². The summed E-state index contributed by atoms with van der Waals surface area (Å²) < 4.78 is 0. The van der Waals surface area contributed by atoms with Gasteiger partial charge in [-0.1, -0.05) is 88.4 Å². The normalized spacial score (nSPS) is 18.8. The molecule has 0 radical (unpaired) electrons. The number of carbonyl (C=O) groups excluding carboxylic acids is 2. The number of rotatable bonds is 16. The van der Waals surface area contributed by atoms with Crippen LogP contribution in [0.2, 0.25) is 0 Å². The topological polar surface area (TPSA) is 157 Å². The molecule has 1 saturated heterocycles. The van der Waals surface area contributed by atoms with Crippen molar-refractivity contribution in [3.05, 3.63) is 71.8 Å². The highest BCUT2D eigenvalue weighted by Crippen LogP contribution is 2.13. The summed E-state index contributed by atoms with van der Waals surface area (Å²) in [7, 11) is 0. The zero-order chi connectivity index (χ0) is 32.2. The van der Waals surface area contributed by atoms with Crippen molar-refractivity contribution in [1.29, 1.82) is 0 Å². The van der Waals surface area contributed by atoms with Gasteiger partial charge in [-0.3, -0.25) is 19.4 Å². The lowest BCUT2D eigenvalue weighted by molar-refractivity contribution is -0.125. The number of aliphatic hydroxyl groups is 2. The highest BCUT2D eigenvalue weighted by Gasteiger charge is 2.31. The molecular weight excluding hydrogens is 556 g/mol. The molecule has 10 nitrogen and oxygen atoms in total. The summed E-state index contributed by atoms with van der Waals surface area (Å²) in [6.45, 7) is 11.2. The van der Waals surface area contributed by atoms with E-state index < -0.39 is 36.4 Å². The van der Waals surface area contributed by atoms with Crippen molar-refractivity contribution in [3.63, 3.8) is 0 Å². The zero-order valence-electron chi connectivity index (χ0n) is 26.8. The summed E-state index contributed by atoms with van der Waals surface area (Å²) in [6.07, 6.45) is -0.572. The second-order valence-corrected chi connectivity index (χ2v) is 12.9. The third-order valence-corrected chi connectivity index (χ3v) is 8.58. The number of piperazine rings is 1. The van der Waals surface area contributed by atoms with E-state index in [2.05, 4.69) is 20.4 Å². The van der Waals surface area contributed by atoms with Crippen molar-refractivity contribution >= 4 is 11.8 Å². The van der Waals surface area contributed by atoms with Crippen LogP contribution in [0.3, 0.4) is 0 Å². The molecule has 1 heterocycles. The highest BCUT2D eigenvalue weighted by molar-refractivity contribution is 5.82. The van der Waals surface area contributed by atoms with E-state index in [1.165, 1.54) is 0 Å². The third kappa shape index (κ3) is 11.3. The number of nitrogens with two attached hydrogens (primary N) is 2. The second-order valence-electron chi connectivity index (χ2n) is 12.9. The van der Waals surface area contributed by atoms with E-state index in [1.54, 1.807) is 0 Å².